The zero-order chi connectivity index (χ0) is 17.8. The van der Waals surface area contributed by atoms with E-state index in [1.54, 1.807) is 18.2 Å². The number of nitrogens with one attached hydrogen (secondary N) is 2. The van der Waals surface area contributed by atoms with E-state index in [1.807, 2.05) is 18.2 Å². The molecule has 0 saturated carbocycles. The van der Waals surface area contributed by atoms with Crippen LogP contribution in [0.2, 0.25) is 5.02 Å². The Morgan fingerprint density at radius 3 is 2.72 bits per heavy atom. The standard InChI is InChI=1S/C17H14ClN3O4/c18-12-5-6-13(14(10-12)21(23)24)19-7-8-20-17(22)16-9-11-3-1-2-4-15(11)25-16/h1-6,9-10,19H,7-8H2,(H,20,22). The summed E-state index contributed by atoms with van der Waals surface area (Å²) >= 11 is 5.77. The predicted molar refractivity (Wildman–Crippen MR) is 95.1 cm³/mol. The number of anilines is 1. The minimum absolute atomic E-state index is 0.115. The summed E-state index contributed by atoms with van der Waals surface area (Å²) < 4.78 is 5.47. The van der Waals surface area contributed by atoms with Crippen LogP contribution in [0.3, 0.4) is 0 Å². The van der Waals surface area contributed by atoms with E-state index < -0.39 is 4.92 Å². The molecule has 0 aliphatic carbocycles. The quantitative estimate of drug-likeness (QED) is 0.396. The van der Waals surface area contributed by atoms with Gasteiger partial charge in [0.2, 0.25) is 0 Å². The van der Waals surface area contributed by atoms with Gasteiger partial charge >= 0.3 is 0 Å². The van der Waals surface area contributed by atoms with E-state index in [4.69, 9.17) is 16.0 Å². The van der Waals surface area contributed by atoms with Gasteiger partial charge in [-0.2, -0.15) is 0 Å². The number of para-hydroxylation sites is 1. The third kappa shape index (κ3) is 3.89. The Bertz CT molecular complexity index is 906. The lowest BCUT2D eigenvalue weighted by molar-refractivity contribution is -0.383. The Balaban J connectivity index is 1.56. The largest absolute Gasteiger partial charge is 0.451 e. The van der Waals surface area contributed by atoms with Crippen LogP contribution in [-0.2, 0) is 0 Å². The number of rotatable bonds is 6. The van der Waals surface area contributed by atoms with E-state index in [2.05, 4.69) is 10.6 Å². The number of benzene rings is 2. The maximum absolute atomic E-state index is 12.1. The monoisotopic (exact) mass is 359 g/mol. The highest BCUT2D eigenvalue weighted by Gasteiger charge is 2.14. The fraction of sp³-hybridized carbons (Fsp3) is 0.118. The number of nitrogens with zero attached hydrogens (tertiary/aromatic N) is 1. The highest BCUT2D eigenvalue weighted by atomic mass is 35.5. The molecule has 128 valence electrons. The van der Waals surface area contributed by atoms with Crippen LogP contribution >= 0.6 is 11.6 Å². The minimum Gasteiger partial charge on any atom is -0.451 e. The van der Waals surface area contributed by atoms with Gasteiger partial charge in [0, 0.05) is 29.6 Å². The Morgan fingerprint density at radius 1 is 1.16 bits per heavy atom. The summed E-state index contributed by atoms with van der Waals surface area (Å²) in [5, 5.41) is 17.8. The second-order valence-corrected chi connectivity index (χ2v) is 5.69. The second kappa shape index (κ2) is 7.23. The van der Waals surface area contributed by atoms with E-state index in [0.29, 0.717) is 17.8 Å². The van der Waals surface area contributed by atoms with Gasteiger partial charge < -0.3 is 15.1 Å². The first-order chi connectivity index (χ1) is 12.0. The fourth-order valence-electron chi connectivity index (χ4n) is 2.36. The molecule has 2 aromatic carbocycles. The Morgan fingerprint density at radius 2 is 1.96 bits per heavy atom. The molecule has 7 nitrogen and oxygen atoms in total. The molecular weight excluding hydrogens is 346 g/mol. The molecule has 0 bridgehead atoms. The van der Waals surface area contributed by atoms with Crippen LogP contribution < -0.4 is 10.6 Å². The smallest absolute Gasteiger partial charge is 0.293 e. The summed E-state index contributed by atoms with van der Waals surface area (Å²) in [4.78, 5) is 22.6. The molecule has 2 N–H and O–H groups in total. The van der Waals surface area contributed by atoms with Crippen molar-refractivity contribution in [3.8, 4) is 0 Å². The third-order valence-corrected chi connectivity index (χ3v) is 3.77. The lowest BCUT2D eigenvalue weighted by Crippen LogP contribution is -2.28. The number of carbonyl (C=O) groups excluding carboxylic acids is 1. The highest BCUT2D eigenvalue weighted by Crippen LogP contribution is 2.27. The molecule has 3 rings (SSSR count). The van der Waals surface area contributed by atoms with Crippen molar-refractivity contribution in [3.05, 3.63) is 69.4 Å². The van der Waals surface area contributed by atoms with Crippen molar-refractivity contribution in [2.45, 2.75) is 0 Å². The number of hydrogen-bond acceptors (Lipinski definition) is 5. The van der Waals surface area contributed by atoms with Crippen molar-refractivity contribution in [3.63, 3.8) is 0 Å². The average molecular weight is 360 g/mol. The maximum Gasteiger partial charge on any atom is 0.293 e. The van der Waals surface area contributed by atoms with Gasteiger partial charge in [0.1, 0.15) is 11.3 Å². The molecule has 1 aromatic heterocycles. The number of fused-ring (bicyclic) bond motifs is 1. The number of carbonyl (C=O) groups is 1. The Kier molecular flexibility index (Phi) is 4.85. The highest BCUT2D eigenvalue weighted by molar-refractivity contribution is 6.30. The number of nitro groups is 1. The van der Waals surface area contributed by atoms with Gasteiger partial charge in [-0.3, -0.25) is 14.9 Å². The molecule has 1 heterocycles. The molecular formula is C17H14ClN3O4. The SMILES string of the molecule is O=C(NCCNc1ccc(Cl)cc1[N+](=O)[O-])c1cc2ccccc2o1. The summed E-state index contributed by atoms with van der Waals surface area (Å²) in [5.74, 6) is -0.123. The van der Waals surface area contributed by atoms with E-state index >= 15 is 0 Å². The molecule has 1 amide bonds. The van der Waals surface area contributed by atoms with E-state index in [0.717, 1.165) is 5.39 Å². The summed E-state index contributed by atoms with van der Waals surface area (Å²) in [6, 6.07) is 13.4. The van der Waals surface area contributed by atoms with Gasteiger partial charge in [0.05, 0.1) is 4.92 Å². The van der Waals surface area contributed by atoms with Crippen molar-refractivity contribution in [1.29, 1.82) is 0 Å². The number of furan rings is 1. The molecule has 0 spiro atoms. The van der Waals surface area contributed by atoms with Gasteiger partial charge in [-0.1, -0.05) is 29.8 Å². The zero-order valence-electron chi connectivity index (χ0n) is 13.0. The van der Waals surface area contributed by atoms with E-state index in [-0.39, 0.29) is 28.9 Å². The molecule has 0 unspecified atom stereocenters. The van der Waals surface area contributed by atoms with Crippen LogP contribution in [0.4, 0.5) is 11.4 Å². The summed E-state index contributed by atoms with van der Waals surface area (Å²) in [6.45, 7) is 0.587. The fourth-order valence-corrected chi connectivity index (χ4v) is 2.53. The maximum atomic E-state index is 12.1. The summed E-state index contributed by atoms with van der Waals surface area (Å²) in [7, 11) is 0. The third-order valence-electron chi connectivity index (χ3n) is 3.53. The van der Waals surface area contributed by atoms with Gasteiger partial charge in [-0.15, -0.1) is 0 Å². The van der Waals surface area contributed by atoms with Crippen molar-refractivity contribution < 1.29 is 14.1 Å². The minimum atomic E-state index is -0.513. The van der Waals surface area contributed by atoms with Crippen molar-refractivity contribution in [1.82, 2.24) is 5.32 Å². The lowest BCUT2D eigenvalue weighted by Gasteiger charge is -2.08. The van der Waals surface area contributed by atoms with Gasteiger partial charge in [0.15, 0.2) is 5.76 Å². The van der Waals surface area contributed by atoms with Crippen LogP contribution in [0.15, 0.2) is 52.9 Å². The zero-order valence-corrected chi connectivity index (χ0v) is 13.7. The van der Waals surface area contributed by atoms with Gasteiger partial charge in [0.25, 0.3) is 11.6 Å². The van der Waals surface area contributed by atoms with E-state index in [9.17, 15) is 14.9 Å². The number of hydrogen-bond donors (Lipinski definition) is 2. The topological polar surface area (TPSA) is 97.4 Å². The Hall–Kier alpha value is -3.06. The molecule has 25 heavy (non-hydrogen) atoms. The van der Waals surface area contributed by atoms with E-state index in [1.165, 1.54) is 12.1 Å². The van der Waals surface area contributed by atoms with Crippen molar-refractivity contribution in [2.75, 3.05) is 18.4 Å². The predicted octanol–water partition coefficient (Wildman–Crippen LogP) is 3.84. The molecule has 0 aliphatic heterocycles. The Labute approximate surface area is 147 Å². The molecule has 8 heteroatoms. The molecule has 0 saturated heterocycles. The van der Waals surface area contributed by atoms with Crippen molar-refractivity contribution >= 4 is 39.9 Å². The molecule has 3 aromatic rings. The second-order valence-electron chi connectivity index (χ2n) is 5.25. The van der Waals surface area contributed by atoms with Crippen LogP contribution in [-0.4, -0.2) is 23.9 Å². The molecule has 0 atom stereocenters. The van der Waals surface area contributed by atoms with Crippen LogP contribution in [0, 0.1) is 10.1 Å². The molecule has 0 radical (unpaired) electrons. The first-order valence-electron chi connectivity index (χ1n) is 7.49. The van der Waals surface area contributed by atoms with Crippen LogP contribution in [0.25, 0.3) is 11.0 Å². The normalized spacial score (nSPS) is 10.6. The first kappa shape index (κ1) is 16.8. The number of nitro benzene ring substituents is 1. The summed E-state index contributed by atoms with van der Waals surface area (Å²) in [5.41, 5.74) is 0.867. The summed E-state index contributed by atoms with van der Waals surface area (Å²) in [6.07, 6.45) is 0. The number of amides is 1. The first-order valence-corrected chi connectivity index (χ1v) is 7.87. The molecule has 0 fully saturated rings. The molecule has 0 aliphatic rings. The lowest BCUT2D eigenvalue weighted by atomic mass is 10.2. The van der Waals surface area contributed by atoms with Crippen molar-refractivity contribution in [2.24, 2.45) is 0 Å². The number of halogens is 1. The van der Waals surface area contributed by atoms with Gasteiger partial charge in [-0.25, -0.2) is 0 Å². The van der Waals surface area contributed by atoms with Crippen LogP contribution in [0.5, 0.6) is 0 Å². The van der Waals surface area contributed by atoms with Crippen LogP contribution in [0.1, 0.15) is 10.6 Å². The van der Waals surface area contributed by atoms with Gasteiger partial charge in [-0.05, 0) is 24.3 Å². The average Bonchev–Trinajstić information content (AvgIpc) is 3.03.